The number of halogens is 3. The molecule has 1 heterocycles. The van der Waals surface area contributed by atoms with E-state index in [1.165, 1.54) is 9.58 Å². The predicted octanol–water partition coefficient (Wildman–Crippen LogP) is 1.01. The van der Waals surface area contributed by atoms with Crippen molar-refractivity contribution >= 4 is 0 Å². The van der Waals surface area contributed by atoms with Crippen molar-refractivity contribution in [2.75, 3.05) is 13.1 Å². The molecular formula is C10H18F3N5. The van der Waals surface area contributed by atoms with Gasteiger partial charge in [0, 0.05) is 25.3 Å². The Balaban J connectivity index is 2.51. The number of rotatable bonds is 6. The Morgan fingerprint density at radius 3 is 2.56 bits per heavy atom. The fraction of sp³-hybridized carbons (Fsp3) is 0.800. The van der Waals surface area contributed by atoms with E-state index in [9.17, 15) is 13.2 Å². The zero-order valence-electron chi connectivity index (χ0n) is 10.5. The summed E-state index contributed by atoms with van der Waals surface area (Å²) >= 11 is 0. The molecule has 0 unspecified atom stereocenters. The largest absolute Gasteiger partial charge is 0.401 e. The maximum atomic E-state index is 12.4. The van der Waals surface area contributed by atoms with Gasteiger partial charge < -0.3 is 5.73 Å². The van der Waals surface area contributed by atoms with Crippen LogP contribution in [0, 0.1) is 0 Å². The summed E-state index contributed by atoms with van der Waals surface area (Å²) in [4.78, 5) is 1.35. The Bertz CT molecular complexity index is 361. The molecule has 0 spiro atoms. The molecule has 0 aliphatic carbocycles. The maximum absolute atomic E-state index is 12.4. The van der Waals surface area contributed by atoms with Gasteiger partial charge in [-0.25, -0.2) is 0 Å². The van der Waals surface area contributed by atoms with Crippen LogP contribution in [0.1, 0.15) is 19.5 Å². The summed E-state index contributed by atoms with van der Waals surface area (Å²) < 4.78 is 38.6. The van der Waals surface area contributed by atoms with Crippen molar-refractivity contribution in [1.82, 2.24) is 19.9 Å². The second-order valence-electron chi connectivity index (χ2n) is 4.36. The number of hydrogen-bond acceptors (Lipinski definition) is 4. The van der Waals surface area contributed by atoms with Gasteiger partial charge in [0.15, 0.2) is 0 Å². The van der Waals surface area contributed by atoms with Crippen LogP contribution in [-0.2, 0) is 13.1 Å². The molecule has 1 rings (SSSR count). The minimum absolute atomic E-state index is 0.177. The zero-order valence-corrected chi connectivity index (χ0v) is 10.5. The van der Waals surface area contributed by atoms with Crippen molar-refractivity contribution < 1.29 is 13.2 Å². The highest BCUT2D eigenvalue weighted by Gasteiger charge is 2.31. The molecule has 0 saturated carbocycles. The summed E-state index contributed by atoms with van der Waals surface area (Å²) in [7, 11) is 0. The van der Waals surface area contributed by atoms with E-state index in [2.05, 4.69) is 10.3 Å². The highest BCUT2D eigenvalue weighted by atomic mass is 19.4. The topological polar surface area (TPSA) is 60.0 Å². The molecule has 1 aromatic heterocycles. The normalized spacial score (nSPS) is 12.7. The van der Waals surface area contributed by atoms with Gasteiger partial charge in [0.1, 0.15) is 0 Å². The van der Waals surface area contributed by atoms with Gasteiger partial charge in [-0.15, -0.1) is 5.10 Å². The van der Waals surface area contributed by atoms with E-state index >= 15 is 0 Å². The van der Waals surface area contributed by atoms with E-state index in [0.717, 1.165) is 0 Å². The smallest absolute Gasteiger partial charge is 0.325 e. The number of alkyl halides is 3. The Labute approximate surface area is 104 Å². The minimum atomic E-state index is -4.19. The SMILES string of the molecule is CC(C)N(CCn1cc(CN)nn1)CC(F)(F)F. The van der Waals surface area contributed by atoms with Crippen molar-refractivity contribution in [2.45, 2.75) is 39.2 Å². The van der Waals surface area contributed by atoms with Crippen molar-refractivity contribution in [3.05, 3.63) is 11.9 Å². The molecule has 0 aliphatic rings. The summed E-state index contributed by atoms with van der Waals surface area (Å²) in [6.45, 7) is 3.46. The standard InChI is InChI=1S/C10H18F3N5/c1-8(2)17(7-10(11,12)13)3-4-18-6-9(5-14)15-16-18/h6,8H,3-5,7,14H2,1-2H3. The quantitative estimate of drug-likeness (QED) is 0.834. The van der Waals surface area contributed by atoms with Gasteiger partial charge in [-0.05, 0) is 13.8 Å². The molecule has 0 amide bonds. The van der Waals surface area contributed by atoms with Gasteiger partial charge in [0.25, 0.3) is 0 Å². The van der Waals surface area contributed by atoms with Crippen molar-refractivity contribution in [1.29, 1.82) is 0 Å². The average Bonchev–Trinajstić information content (AvgIpc) is 2.70. The zero-order chi connectivity index (χ0) is 13.8. The third-order valence-electron chi connectivity index (χ3n) is 2.52. The first-order chi connectivity index (χ1) is 8.31. The first-order valence-electron chi connectivity index (χ1n) is 5.71. The number of nitrogens with two attached hydrogens (primary N) is 1. The fourth-order valence-corrected chi connectivity index (χ4v) is 1.52. The van der Waals surface area contributed by atoms with Gasteiger partial charge >= 0.3 is 6.18 Å². The molecule has 1 aromatic rings. The van der Waals surface area contributed by atoms with Crippen molar-refractivity contribution in [3.8, 4) is 0 Å². The van der Waals surface area contributed by atoms with E-state index in [4.69, 9.17) is 5.73 Å². The monoisotopic (exact) mass is 265 g/mol. The highest BCUT2D eigenvalue weighted by Crippen LogP contribution is 2.17. The third kappa shape index (κ3) is 5.01. The Hall–Kier alpha value is -1.15. The lowest BCUT2D eigenvalue weighted by Gasteiger charge is -2.27. The fourth-order valence-electron chi connectivity index (χ4n) is 1.52. The molecule has 5 nitrogen and oxygen atoms in total. The number of hydrogen-bond donors (Lipinski definition) is 1. The van der Waals surface area contributed by atoms with Crippen molar-refractivity contribution in [2.24, 2.45) is 5.73 Å². The van der Waals surface area contributed by atoms with Gasteiger partial charge in [0.05, 0.1) is 18.8 Å². The average molecular weight is 265 g/mol. The Morgan fingerprint density at radius 2 is 2.11 bits per heavy atom. The van der Waals surface area contributed by atoms with Gasteiger partial charge in [-0.3, -0.25) is 9.58 Å². The van der Waals surface area contributed by atoms with Crippen LogP contribution in [-0.4, -0.2) is 45.2 Å². The van der Waals surface area contributed by atoms with E-state index in [1.807, 2.05) is 0 Å². The number of nitrogens with zero attached hydrogens (tertiary/aromatic N) is 4. The van der Waals surface area contributed by atoms with Crippen molar-refractivity contribution in [3.63, 3.8) is 0 Å². The summed E-state index contributed by atoms with van der Waals surface area (Å²) in [5, 5.41) is 7.57. The molecule has 0 fully saturated rings. The first kappa shape index (κ1) is 14.9. The summed E-state index contributed by atoms with van der Waals surface area (Å²) in [6, 6.07) is -0.177. The van der Waals surface area contributed by atoms with Crippen LogP contribution in [0.5, 0.6) is 0 Å². The third-order valence-corrected chi connectivity index (χ3v) is 2.52. The Morgan fingerprint density at radius 1 is 1.44 bits per heavy atom. The number of aromatic nitrogens is 3. The second kappa shape index (κ2) is 6.14. The van der Waals surface area contributed by atoms with E-state index in [1.54, 1.807) is 20.0 Å². The molecule has 0 radical (unpaired) electrons. The van der Waals surface area contributed by atoms with E-state index < -0.39 is 12.7 Å². The molecule has 0 aliphatic heterocycles. The van der Waals surface area contributed by atoms with Gasteiger partial charge in [0.2, 0.25) is 0 Å². The summed E-state index contributed by atoms with van der Waals surface area (Å²) in [5.74, 6) is 0. The lowest BCUT2D eigenvalue weighted by Crippen LogP contribution is -2.40. The van der Waals surface area contributed by atoms with Crippen LogP contribution in [0.25, 0.3) is 0 Å². The molecule has 8 heteroatoms. The summed E-state index contributed by atoms with van der Waals surface area (Å²) in [6.07, 6.45) is -2.54. The molecule has 0 aromatic carbocycles. The molecule has 0 bridgehead atoms. The lowest BCUT2D eigenvalue weighted by atomic mass is 10.3. The molecule has 2 N–H and O–H groups in total. The lowest BCUT2D eigenvalue weighted by molar-refractivity contribution is -0.149. The first-order valence-corrected chi connectivity index (χ1v) is 5.71. The second-order valence-corrected chi connectivity index (χ2v) is 4.36. The molecule has 104 valence electrons. The van der Waals surface area contributed by atoms with Crippen LogP contribution >= 0.6 is 0 Å². The maximum Gasteiger partial charge on any atom is 0.401 e. The predicted molar refractivity (Wildman–Crippen MR) is 60.7 cm³/mol. The molecule has 0 saturated heterocycles. The van der Waals surface area contributed by atoms with Crippen LogP contribution in [0.2, 0.25) is 0 Å². The van der Waals surface area contributed by atoms with Crippen LogP contribution in [0.3, 0.4) is 0 Å². The summed E-state index contributed by atoms with van der Waals surface area (Å²) in [5.41, 5.74) is 6.00. The van der Waals surface area contributed by atoms with E-state index in [0.29, 0.717) is 12.2 Å². The van der Waals surface area contributed by atoms with E-state index in [-0.39, 0.29) is 19.1 Å². The Kier molecular flexibility index (Phi) is 5.09. The van der Waals surface area contributed by atoms with Crippen LogP contribution in [0.4, 0.5) is 13.2 Å². The molecular weight excluding hydrogens is 247 g/mol. The van der Waals surface area contributed by atoms with Gasteiger partial charge in [-0.1, -0.05) is 5.21 Å². The van der Waals surface area contributed by atoms with Gasteiger partial charge in [-0.2, -0.15) is 13.2 Å². The van der Waals surface area contributed by atoms with Crippen LogP contribution < -0.4 is 5.73 Å². The molecule has 0 atom stereocenters. The molecule has 18 heavy (non-hydrogen) atoms. The minimum Gasteiger partial charge on any atom is -0.325 e. The van der Waals surface area contributed by atoms with Crippen LogP contribution in [0.15, 0.2) is 6.20 Å². The highest BCUT2D eigenvalue weighted by molar-refractivity contribution is 4.90.